The van der Waals surface area contributed by atoms with Crippen LogP contribution < -0.4 is 4.90 Å². The zero-order valence-corrected chi connectivity index (χ0v) is 11.3. The van der Waals surface area contributed by atoms with E-state index in [0.717, 1.165) is 0 Å². The standard InChI is InChI=1S/C11H14ClN3O4/c1-3-14(7(2)4-10(16)17)11-9(15(18)19)5-8(12)6-13-11/h5-7H,3-4H2,1-2H3,(H,16,17). The molecule has 1 rings (SSSR count). The van der Waals surface area contributed by atoms with Crippen LogP contribution in [0, 0.1) is 10.1 Å². The summed E-state index contributed by atoms with van der Waals surface area (Å²) >= 11 is 5.69. The molecule has 0 saturated heterocycles. The molecule has 1 N–H and O–H groups in total. The van der Waals surface area contributed by atoms with Gasteiger partial charge in [0.2, 0.25) is 5.82 Å². The Labute approximate surface area is 115 Å². The van der Waals surface area contributed by atoms with E-state index in [1.165, 1.54) is 12.3 Å². The predicted octanol–water partition coefficient (Wildman–Crippen LogP) is 2.33. The van der Waals surface area contributed by atoms with Crippen molar-refractivity contribution in [2.75, 3.05) is 11.4 Å². The first-order valence-corrected chi connectivity index (χ1v) is 6.03. The van der Waals surface area contributed by atoms with Crippen LogP contribution in [-0.4, -0.2) is 33.6 Å². The lowest BCUT2D eigenvalue weighted by molar-refractivity contribution is -0.384. The van der Waals surface area contributed by atoms with E-state index in [1.54, 1.807) is 18.7 Å². The molecule has 1 atom stereocenters. The Morgan fingerprint density at radius 3 is 2.79 bits per heavy atom. The van der Waals surface area contributed by atoms with Gasteiger partial charge in [-0.2, -0.15) is 0 Å². The zero-order valence-electron chi connectivity index (χ0n) is 10.5. The second-order valence-electron chi connectivity index (χ2n) is 3.99. The van der Waals surface area contributed by atoms with Gasteiger partial charge < -0.3 is 10.0 Å². The van der Waals surface area contributed by atoms with Crippen LogP contribution in [0.5, 0.6) is 0 Å². The number of aliphatic carboxylic acids is 1. The van der Waals surface area contributed by atoms with Gasteiger partial charge in [-0.05, 0) is 13.8 Å². The van der Waals surface area contributed by atoms with Gasteiger partial charge in [0.1, 0.15) is 0 Å². The van der Waals surface area contributed by atoms with Gasteiger partial charge in [-0.3, -0.25) is 14.9 Å². The number of carbonyl (C=O) groups is 1. The van der Waals surface area contributed by atoms with Crippen molar-refractivity contribution in [3.63, 3.8) is 0 Å². The van der Waals surface area contributed by atoms with Gasteiger partial charge in [-0.25, -0.2) is 4.98 Å². The summed E-state index contributed by atoms with van der Waals surface area (Å²) < 4.78 is 0. The quantitative estimate of drug-likeness (QED) is 0.637. The number of nitro groups is 1. The van der Waals surface area contributed by atoms with Gasteiger partial charge in [-0.15, -0.1) is 0 Å². The molecule has 0 spiro atoms. The summed E-state index contributed by atoms with van der Waals surface area (Å²) in [4.78, 5) is 26.7. The highest BCUT2D eigenvalue weighted by Crippen LogP contribution is 2.29. The number of carboxylic acid groups (broad SMARTS) is 1. The maximum Gasteiger partial charge on any atom is 0.313 e. The molecule has 1 aromatic heterocycles. The third kappa shape index (κ3) is 3.78. The minimum atomic E-state index is -0.970. The van der Waals surface area contributed by atoms with Gasteiger partial charge in [0, 0.05) is 24.8 Å². The summed E-state index contributed by atoms with van der Waals surface area (Å²) in [7, 11) is 0. The first kappa shape index (κ1) is 15.2. The first-order chi connectivity index (χ1) is 8.86. The minimum absolute atomic E-state index is 0.130. The summed E-state index contributed by atoms with van der Waals surface area (Å²) in [6.45, 7) is 3.86. The van der Waals surface area contributed by atoms with Crippen LogP contribution >= 0.6 is 11.6 Å². The number of nitrogens with zero attached hydrogens (tertiary/aromatic N) is 3. The fraction of sp³-hybridized carbons (Fsp3) is 0.455. The average molecular weight is 288 g/mol. The van der Waals surface area contributed by atoms with Crippen LogP contribution in [0.2, 0.25) is 5.02 Å². The molecule has 1 heterocycles. The van der Waals surface area contributed by atoms with Gasteiger partial charge in [0.05, 0.1) is 16.4 Å². The lowest BCUT2D eigenvalue weighted by atomic mass is 10.2. The number of halogens is 1. The second-order valence-corrected chi connectivity index (χ2v) is 4.42. The van der Waals surface area contributed by atoms with Gasteiger partial charge in [-0.1, -0.05) is 11.6 Å². The molecule has 0 aliphatic heterocycles. The van der Waals surface area contributed by atoms with E-state index < -0.39 is 16.9 Å². The molecule has 0 aliphatic carbocycles. The fourth-order valence-corrected chi connectivity index (χ4v) is 1.96. The summed E-state index contributed by atoms with van der Waals surface area (Å²) in [5.41, 5.74) is -0.230. The highest BCUT2D eigenvalue weighted by molar-refractivity contribution is 6.30. The lowest BCUT2D eigenvalue weighted by Crippen LogP contribution is -2.35. The highest BCUT2D eigenvalue weighted by atomic mass is 35.5. The van der Waals surface area contributed by atoms with Crippen LogP contribution in [0.3, 0.4) is 0 Å². The number of rotatable bonds is 6. The Kier molecular flexibility index (Phi) is 5.05. The molecule has 0 aromatic carbocycles. The zero-order chi connectivity index (χ0) is 14.6. The molecule has 0 aliphatic rings. The number of hydrogen-bond acceptors (Lipinski definition) is 5. The molecule has 0 fully saturated rings. The van der Waals surface area contributed by atoms with E-state index in [-0.39, 0.29) is 22.9 Å². The van der Waals surface area contributed by atoms with Crippen LogP contribution in [0.1, 0.15) is 20.3 Å². The van der Waals surface area contributed by atoms with Crippen molar-refractivity contribution < 1.29 is 14.8 Å². The van der Waals surface area contributed by atoms with Crippen molar-refractivity contribution >= 4 is 29.1 Å². The fourth-order valence-electron chi connectivity index (χ4n) is 1.81. The highest BCUT2D eigenvalue weighted by Gasteiger charge is 2.25. The summed E-state index contributed by atoms with van der Waals surface area (Å²) in [5.74, 6) is -0.840. The normalized spacial score (nSPS) is 11.9. The number of pyridine rings is 1. The maximum atomic E-state index is 11.0. The van der Waals surface area contributed by atoms with Crippen LogP contribution in [0.4, 0.5) is 11.5 Å². The number of aromatic nitrogens is 1. The van der Waals surface area contributed by atoms with Crippen LogP contribution in [-0.2, 0) is 4.79 Å². The summed E-state index contributed by atoms with van der Waals surface area (Å²) in [5, 5.41) is 20.0. The van der Waals surface area contributed by atoms with E-state index in [0.29, 0.717) is 6.54 Å². The first-order valence-electron chi connectivity index (χ1n) is 5.65. The van der Waals surface area contributed by atoms with Crippen molar-refractivity contribution in [1.29, 1.82) is 0 Å². The Hall–Kier alpha value is -1.89. The Balaban J connectivity index is 3.17. The van der Waals surface area contributed by atoms with Crippen molar-refractivity contribution in [1.82, 2.24) is 4.98 Å². The topological polar surface area (TPSA) is 96.6 Å². The molecule has 7 nitrogen and oxygen atoms in total. The molecule has 1 unspecified atom stereocenters. The molecule has 0 amide bonds. The monoisotopic (exact) mass is 287 g/mol. The predicted molar refractivity (Wildman–Crippen MR) is 70.6 cm³/mol. The van der Waals surface area contributed by atoms with E-state index in [9.17, 15) is 14.9 Å². The van der Waals surface area contributed by atoms with E-state index in [2.05, 4.69) is 4.98 Å². The van der Waals surface area contributed by atoms with Gasteiger partial charge >= 0.3 is 11.7 Å². The van der Waals surface area contributed by atoms with E-state index in [1.807, 2.05) is 0 Å². The third-order valence-electron chi connectivity index (χ3n) is 2.63. The molecule has 19 heavy (non-hydrogen) atoms. The number of hydrogen-bond donors (Lipinski definition) is 1. The molecular formula is C11H14ClN3O4. The molecule has 104 valence electrons. The second kappa shape index (κ2) is 6.33. The molecule has 0 saturated carbocycles. The lowest BCUT2D eigenvalue weighted by Gasteiger charge is -2.27. The van der Waals surface area contributed by atoms with Crippen LogP contribution in [0.25, 0.3) is 0 Å². The third-order valence-corrected chi connectivity index (χ3v) is 2.83. The Bertz CT molecular complexity index is 495. The number of anilines is 1. The smallest absolute Gasteiger partial charge is 0.313 e. The summed E-state index contributed by atoms with van der Waals surface area (Å²) in [6, 6.07) is 0.801. The SMILES string of the molecule is CCN(c1ncc(Cl)cc1[N+](=O)[O-])C(C)CC(=O)O. The van der Waals surface area contributed by atoms with Crippen molar-refractivity contribution in [3.05, 3.63) is 27.4 Å². The van der Waals surface area contributed by atoms with Gasteiger partial charge in [0.25, 0.3) is 0 Å². The molecule has 1 aromatic rings. The van der Waals surface area contributed by atoms with Crippen molar-refractivity contribution in [3.8, 4) is 0 Å². The van der Waals surface area contributed by atoms with Crippen molar-refractivity contribution in [2.45, 2.75) is 26.3 Å². The maximum absolute atomic E-state index is 11.0. The van der Waals surface area contributed by atoms with E-state index >= 15 is 0 Å². The Morgan fingerprint density at radius 1 is 1.68 bits per heavy atom. The summed E-state index contributed by atoms with van der Waals surface area (Å²) in [6.07, 6.45) is 1.18. The largest absolute Gasteiger partial charge is 0.481 e. The average Bonchev–Trinajstić information content (AvgIpc) is 2.30. The molecule has 0 bridgehead atoms. The van der Waals surface area contributed by atoms with Crippen molar-refractivity contribution in [2.24, 2.45) is 0 Å². The van der Waals surface area contributed by atoms with E-state index in [4.69, 9.17) is 16.7 Å². The number of carboxylic acids is 1. The van der Waals surface area contributed by atoms with Gasteiger partial charge in [0.15, 0.2) is 0 Å². The minimum Gasteiger partial charge on any atom is -0.481 e. The van der Waals surface area contributed by atoms with Crippen LogP contribution in [0.15, 0.2) is 12.3 Å². The molecular weight excluding hydrogens is 274 g/mol. The Morgan fingerprint density at radius 2 is 2.32 bits per heavy atom. The molecule has 0 radical (unpaired) electrons. The molecule has 8 heteroatoms.